The molecule has 152 valence electrons. The standard InChI is InChI=1S/C22H19ClN4O2S/c1-15(20-7-4-12-29-20)25-26-21(28)14-30-22-24-18-5-2-3-6-19(18)27(22)13-16-8-10-17(23)11-9-16/h2-12H,13-14H2,1H3,(H,26,28). The van der Waals surface area contributed by atoms with Gasteiger partial charge in [0.2, 0.25) is 0 Å². The van der Waals surface area contributed by atoms with Crippen LogP contribution in [0.3, 0.4) is 0 Å². The molecule has 8 heteroatoms. The number of carbonyl (C=O) groups excluding carboxylic acids is 1. The molecule has 30 heavy (non-hydrogen) atoms. The number of rotatable bonds is 7. The summed E-state index contributed by atoms with van der Waals surface area (Å²) in [6, 6.07) is 19.2. The molecule has 0 spiro atoms. The number of benzene rings is 2. The number of carbonyl (C=O) groups is 1. The Morgan fingerprint density at radius 1 is 1.17 bits per heavy atom. The smallest absolute Gasteiger partial charge is 0.250 e. The van der Waals surface area contributed by atoms with E-state index in [0.29, 0.717) is 23.0 Å². The predicted octanol–water partition coefficient (Wildman–Crippen LogP) is 4.96. The molecule has 0 saturated heterocycles. The van der Waals surface area contributed by atoms with Crippen LogP contribution in [0.5, 0.6) is 0 Å². The van der Waals surface area contributed by atoms with Crippen molar-refractivity contribution in [3.05, 3.63) is 83.3 Å². The van der Waals surface area contributed by atoms with Crippen LogP contribution < -0.4 is 5.43 Å². The van der Waals surface area contributed by atoms with E-state index >= 15 is 0 Å². The summed E-state index contributed by atoms with van der Waals surface area (Å²) in [5.41, 5.74) is 6.18. The van der Waals surface area contributed by atoms with Gasteiger partial charge in [0.15, 0.2) is 5.16 Å². The van der Waals surface area contributed by atoms with Crippen LogP contribution in [-0.4, -0.2) is 26.9 Å². The molecule has 2 heterocycles. The highest BCUT2D eigenvalue weighted by Gasteiger charge is 2.13. The van der Waals surface area contributed by atoms with E-state index < -0.39 is 0 Å². The second-order valence-electron chi connectivity index (χ2n) is 6.59. The van der Waals surface area contributed by atoms with E-state index in [2.05, 4.69) is 15.1 Å². The minimum atomic E-state index is -0.212. The van der Waals surface area contributed by atoms with Crippen LogP contribution in [-0.2, 0) is 11.3 Å². The number of amides is 1. The largest absolute Gasteiger partial charge is 0.463 e. The quantitative estimate of drug-likeness (QED) is 0.251. The summed E-state index contributed by atoms with van der Waals surface area (Å²) in [6.45, 7) is 2.41. The Balaban J connectivity index is 1.48. The van der Waals surface area contributed by atoms with E-state index in [1.165, 1.54) is 11.8 Å². The van der Waals surface area contributed by atoms with Crippen molar-refractivity contribution >= 4 is 46.0 Å². The fourth-order valence-electron chi connectivity index (χ4n) is 2.94. The average molecular weight is 439 g/mol. The number of aromatic nitrogens is 2. The highest BCUT2D eigenvalue weighted by atomic mass is 35.5. The summed E-state index contributed by atoms with van der Waals surface area (Å²) < 4.78 is 7.37. The fraction of sp³-hybridized carbons (Fsp3) is 0.136. The first-order chi connectivity index (χ1) is 14.6. The molecular formula is C22H19ClN4O2S. The molecule has 2 aromatic heterocycles. The van der Waals surface area contributed by atoms with Gasteiger partial charge in [0, 0.05) is 5.02 Å². The first-order valence-electron chi connectivity index (χ1n) is 9.29. The highest BCUT2D eigenvalue weighted by molar-refractivity contribution is 7.99. The number of thioether (sulfide) groups is 1. The fourth-order valence-corrected chi connectivity index (χ4v) is 3.87. The summed E-state index contributed by atoms with van der Waals surface area (Å²) in [4.78, 5) is 17.0. The molecule has 1 amide bonds. The molecular weight excluding hydrogens is 420 g/mol. The molecule has 0 unspecified atom stereocenters. The third-order valence-corrected chi connectivity index (χ3v) is 5.66. The number of hydrogen-bond donors (Lipinski definition) is 1. The van der Waals surface area contributed by atoms with Crippen molar-refractivity contribution in [3.63, 3.8) is 0 Å². The lowest BCUT2D eigenvalue weighted by Crippen LogP contribution is -2.21. The summed E-state index contributed by atoms with van der Waals surface area (Å²) >= 11 is 7.38. The molecule has 0 saturated carbocycles. The van der Waals surface area contributed by atoms with Crippen molar-refractivity contribution < 1.29 is 9.21 Å². The Morgan fingerprint density at radius 2 is 1.97 bits per heavy atom. The zero-order chi connectivity index (χ0) is 20.9. The molecule has 0 radical (unpaired) electrons. The minimum absolute atomic E-state index is 0.193. The van der Waals surface area contributed by atoms with Crippen LogP contribution in [0.25, 0.3) is 11.0 Å². The van der Waals surface area contributed by atoms with Crippen LogP contribution in [0.1, 0.15) is 18.2 Å². The van der Waals surface area contributed by atoms with Crippen molar-refractivity contribution in [3.8, 4) is 0 Å². The molecule has 2 aromatic carbocycles. The lowest BCUT2D eigenvalue weighted by molar-refractivity contribution is -0.118. The Bertz CT molecular complexity index is 1180. The highest BCUT2D eigenvalue weighted by Crippen LogP contribution is 2.25. The van der Waals surface area contributed by atoms with Crippen molar-refractivity contribution in [2.24, 2.45) is 5.10 Å². The number of nitrogens with zero attached hydrogens (tertiary/aromatic N) is 3. The number of furan rings is 1. The number of imidazole rings is 1. The Kier molecular flexibility index (Phi) is 6.21. The van der Waals surface area contributed by atoms with Crippen LogP contribution in [0.2, 0.25) is 5.02 Å². The van der Waals surface area contributed by atoms with E-state index in [4.69, 9.17) is 21.0 Å². The van der Waals surface area contributed by atoms with E-state index in [1.807, 2.05) is 48.5 Å². The lowest BCUT2D eigenvalue weighted by atomic mass is 10.2. The number of hydrogen-bond acceptors (Lipinski definition) is 5. The molecule has 0 bridgehead atoms. The summed E-state index contributed by atoms with van der Waals surface area (Å²) in [7, 11) is 0. The SMILES string of the molecule is CC(=NNC(=O)CSc1nc2ccccc2n1Cc1ccc(Cl)cc1)c1ccco1. The summed E-state index contributed by atoms with van der Waals surface area (Å²) in [5.74, 6) is 0.600. The van der Waals surface area contributed by atoms with Crippen molar-refractivity contribution in [2.75, 3.05) is 5.75 Å². The van der Waals surface area contributed by atoms with Gasteiger partial charge in [-0.3, -0.25) is 4.79 Å². The van der Waals surface area contributed by atoms with Gasteiger partial charge in [-0.05, 0) is 48.9 Å². The van der Waals surface area contributed by atoms with Crippen LogP contribution in [0, 0.1) is 0 Å². The topological polar surface area (TPSA) is 72.4 Å². The monoisotopic (exact) mass is 438 g/mol. The minimum Gasteiger partial charge on any atom is -0.463 e. The molecule has 0 aliphatic heterocycles. The van der Waals surface area contributed by atoms with E-state index in [9.17, 15) is 4.79 Å². The Morgan fingerprint density at radius 3 is 2.73 bits per heavy atom. The first-order valence-corrected chi connectivity index (χ1v) is 10.7. The third-order valence-electron chi connectivity index (χ3n) is 4.43. The van der Waals surface area contributed by atoms with Crippen molar-refractivity contribution in [1.29, 1.82) is 0 Å². The van der Waals surface area contributed by atoms with Gasteiger partial charge in [-0.25, -0.2) is 10.4 Å². The van der Waals surface area contributed by atoms with E-state index in [-0.39, 0.29) is 11.7 Å². The van der Waals surface area contributed by atoms with Gasteiger partial charge < -0.3 is 8.98 Å². The second kappa shape index (κ2) is 9.19. The van der Waals surface area contributed by atoms with E-state index in [1.54, 1.807) is 25.3 Å². The maximum atomic E-state index is 12.3. The van der Waals surface area contributed by atoms with Crippen molar-refractivity contribution in [2.45, 2.75) is 18.6 Å². The predicted molar refractivity (Wildman–Crippen MR) is 120 cm³/mol. The average Bonchev–Trinajstić information content (AvgIpc) is 3.41. The molecule has 4 aromatic rings. The van der Waals surface area contributed by atoms with Crippen LogP contribution >= 0.6 is 23.4 Å². The van der Waals surface area contributed by atoms with Gasteiger partial charge in [0.25, 0.3) is 5.91 Å². The Hall–Kier alpha value is -3.03. The summed E-state index contributed by atoms with van der Waals surface area (Å²) in [6.07, 6.45) is 1.57. The molecule has 0 fully saturated rings. The van der Waals surface area contributed by atoms with Gasteiger partial charge in [0.05, 0.1) is 29.6 Å². The van der Waals surface area contributed by atoms with Gasteiger partial charge in [-0.2, -0.15) is 5.10 Å². The summed E-state index contributed by atoms with van der Waals surface area (Å²) in [5, 5.41) is 5.56. The molecule has 0 atom stereocenters. The zero-order valence-corrected chi connectivity index (χ0v) is 17.8. The first kappa shape index (κ1) is 20.3. The number of halogens is 1. The molecule has 0 aliphatic rings. The van der Waals surface area contributed by atoms with Gasteiger partial charge in [-0.15, -0.1) is 0 Å². The lowest BCUT2D eigenvalue weighted by Gasteiger charge is -2.09. The number of hydrazone groups is 1. The van der Waals surface area contributed by atoms with Gasteiger partial charge in [0.1, 0.15) is 11.5 Å². The number of fused-ring (bicyclic) bond motifs is 1. The normalized spacial score (nSPS) is 11.7. The maximum absolute atomic E-state index is 12.3. The second-order valence-corrected chi connectivity index (χ2v) is 7.97. The van der Waals surface area contributed by atoms with Crippen LogP contribution in [0.4, 0.5) is 0 Å². The molecule has 0 aliphatic carbocycles. The van der Waals surface area contributed by atoms with Gasteiger partial charge in [-0.1, -0.05) is 47.6 Å². The number of para-hydroxylation sites is 2. The molecule has 6 nitrogen and oxygen atoms in total. The van der Waals surface area contributed by atoms with Crippen LogP contribution in [0.15, 0.2) is 81.6 Å². The maximum Gasteiger partial charge on any atom is 0.250 e. The van der Waals surface area contributed by atoms with Crippen molar-refractivity contribution in [1.82, 2.24) is 15.0 Å². The Labute approximate surface area is 182 Å². The van der Waals surface area contributed by atoms with E-state index in [0.717, 1.165) is 21.8 Å². The zero-order valence-electron chi connectivity index (χ0n) is 16.2. The number of nitrogens with one attached hydrogen (secondary N) is 1. The molecule has 4 rings (SSSR count). The third kappa shape index (κ3) is 4.75. The van der Waals surface area contributed by atoms with Gasteiger partial charge >= 0.3 is 0 Å². The molecule has 1 N–H and O–H groups in total.